The van der Waals surface area contributed by atoms with Gasteiger partial charge < -0.3 is 10.5 Å². The molecular weight excluding hydrogens is 311 g/mol. The van der Waals surface area contributed by atoms with Gasteiger partial charge in [-0.3, -0.25) is 0 Å². The molecule has 1 rings (SSSR count). The zero-order valence-electron chi connectivity index (χ0n) is 12.8. The number of rotatable bonds is 7. The van der Waals surface area contributed by atoms with Crippen molar-refractivity contribution in [2.75, 3.05) is 13.7 Å². The number of methoxy groups -OCH3 is 1. The molecule has 0 spiro atoms. The molecule has 22 heavy (non-hydrogen) atoms. The van der Waals surface area contributed by atoms with Crippen molar-refractivity contribution in [3.8, 4) is 0 Å². The minimum absolute atomic E-state index is 0.0144. The smallest absolute Gasteiger partial charge is 0.342 e. The first kappa shape index (κ1) is 18.5. The van der Waals surface area contributed by atoms with E-state index in [2.05, 4.69) is 9.46 Å². The van der Waals surface area contributed by atoms with Crippen molar-refractivity contribution in [3.05, 3.63) is 29.6 Å². The fraction of sp³-hybridized carbons (Fsp3) is 0.500. The summed E-state index contributed by atoms with van der Waals surface area (Å²) in [5, 5.41) is 0. The molecule has 0 radical (unpaired) electrons. The number of carbonyl (C=O) groups is 1. The van der Waals surface area contributed by atoms with Crippen molar-refractivity contribution < 1.29 is 22.3 Å². The minimum atomic E-state index is -4.09. The molecule has 0 bridgehead atoms. The standard InChI is InChI=1S/C14H21FN2O4S/c1-4-14(16,5-2)9-17-22(19,20)11-8-6-7-10(15)12(11)13(18)21-3/h6-8,17H,4-5,9,16H2,1-3H3. The Balaban J connectivity index is 3.19. The predicted molar refractivity (Wildman–Crippen MR) is 80.4 cm³/mol. The van der Waals surface area contributed by atoms with Gasteiger partial charge in [-0.2, -0.15) is 0 Å². The van der Waals surface area contributed by atoms with E-state index in [1.165, 1.54) is 6.07 Å². The van der Waals surface area contributed by atoms with E-state index < -0.39 is 37.8 Å². The molecule has 0 aromatic heterocycles. The van der Waals surface area contributed by atoms with E-state index in [9.17, 15) is 17.6 Å². The van der Waals surface area contributed by atoms with E-state index in [1.54, 1.807) is 0 Å². The Labute approximate surface area is 129 Å². The molecule has 3 N–H and O–H groups in total. The van der Waals surface area contributed by atoms with Crippen LogP contribution in [-0.4, -0.2) is 33.6 Å². The Morgan fingerprint density at radius 1 is 1.36 bits per heavy atom. The highest BCUT2D eigenvalue weighted by molar-refractivity contribution is 7.89. The summed E-state index contributed by atoms with van der Waals surface area (Å²) >= 11 is 0. The second kappa shape index (κ2) is 7.17. The monoisotopic (exact) mass is 332 g/mol. The van der Waals surface area contributed by atoms with E-state index in [4.69, 9.17) is 5.73 Å². The molecule has 0 fully saturated rings. The van der Waals surface area contributed by atoms with Crippen molar-refractivity contribution in [2.24, 2.45) is 5.73 Å². The quantitative estimate of drug-likeness (QED) is 0.736. The zero-order chi connectivity index (χ0) is 17.0. The first-order valence-electron chi connectivity index (χ1n) is 6.86. The molecule has 0 aliphatic rings. The minimum Gasteiger partial charge on any atom is -0.465 e. The van der Waals surface area contributed by atoms with Crippen LogP contribution < -0.4 is 10.5 Å². The molecule has 0 aliphatic carbocycles. The van der Waals surface area contributed by atoms with Crippen molar-refractivity contribution in [1.82, 2.24) is 4.72 Å². The second-order valence-electron chi connectivity index (χ2n) is 5.00. The van der Waals surface area contributed by atoms with E-state index >= 15 is 0 Å². The zero-order valence-corrected chi connectivity index (χ0v) is 13.7. The molecule has 0 aliphatic heterocycles. The van der Waals surface area contributed by atoms with Gasteiger partial charge in [0.25, 0.3) is 0 Å². The van der Waals surface area contributed by atoms with Gasteiger partial charge in [0.05, 0.1) is 12.0 Å². The van der Waals surface area contributed by atoms with E-state index in [0.29, 0.717) is 12.8 Å². The molecule has 0 saturated carbocycles. The highest BCUT2D eigenvalue weighted by atomic mass is 32.2. The van der Waals surface area contributed by atoms with Crippen molar-refractivity contribution >= 4 is 16.0 Å². The Kier molecular flexibility index (Phi) is 6.04. The predicted octanol–water partition coefficient (Wildman–Crippen LogP) is 1.41. The lowest BCUT2D eigenvalue weighted by Crippen LogP contribution is -2.49. The third-order valence-corrected chi connectivity index (χ3v) is 5.12. The molecule has 0 unspecified atom stereocenters. The van der Waals surface area contributed by atoms with Crippen LogP contribution in [-0.2, 0) is 14.8 Å². The SMILES string of the molecule is CCC(N)(CC)CNS(=O)(=O)c1cccc(F)c1C(=O)OC. The highest BCUT2D eigenvalue weighted by Crippen LogP contribution is 2.20. The summed E-state index contributed by atoms with van der Waals surface area (Å²) in [5.74, 6) is -2.01. The molecule has 0 amide bonds. The van der Waals surface area contributed by atoms with Crippen molar-refractivity contribution in [1.29, 1.82) is 0 Å². The van der Waals surface area contributed by atoms with E-state index in [0.717, 1.165) is 19.2 Å². The maximum atomic E-state index is 13.8. The molecule has 8 heteroatoms. The van der Waals surface area contributed by atoms with Crippen LogP contribution in [0, 0.1) is 5.82 Å². The molecule has 1 aromatic carbocycles. The van der Waals surface area contributed by atoms with Crippen LogP contribution in [0.15, 0.2) is 23.1 Å². The first-order chi connectivity index (χ1) is 10.2. The molecule has 0 saturated heterocycles. The maximum absolute atomic E-state index is 13.8. The number of esters is 1. The van der Waals surface area contributed by atoms with Crippen LogP contribution in [0.1, 0.15) is 37.0 Å². The first-order valence-corrected chi connectivity index (χ1v) is 8.34. The van der Waals surface area contributed by atoms with Gasteiger partial charge in [-0.1, -0.05) is 19.9 Å². The summed E-state index contributed by atoms with van der Waals surface area (Å²) in [6.45, 7) is 3.68. The molecule has 0 atom stereocenters. The number of halogens is 1. The summed E-state index contributed by atoms with van der Waals surface area (Å²) in [5.41, 5.74) is 4.72. The van der Waals surface area contributed by atoms with Gasteiger partial charge in [0.15, 0.2) is 0 Å². The van der Waals surface area contributed by atoms with Crippen LogP contribution in [0.5, 0.6) is 0 Å². The number of hydrogen-bond donors (Lipinski definition) is 2. The highest BCUT2D eigenvalue weighted by Gasteiger charge is 2.29. The number of hydrogen-bond acceptors (Lipinski definition) is 5. The normalized spacial score (nSPS) is 12.2. The molecule has 6 nitrogen and oxygen atoms in total. The summed E-state index contributed by atoms with van der Waals surface area (Å²) in [6.07, 6.45) is 1.14. The average molecular weight is 332 g/mol. The molecule has 1 aromatic rings. The number of sulfonamides is 1. The van der Waals surface area contributed by atoms with E-state index in [-0.39, 0.29) is 6.54 Å². The molecule has 124 valence electrons. The summed E-state index contributed by atoms with van der Waals surface area (Å²) < 4.78 is 45.3. The summed E-state index contributed by atoms with van der Waals surface area (Å²) in [4.78, 5) is 11.2. The fourth-order valence-corrected chi connectivity index (χ4v) is 3.19. The lowest BCUT2D eigenvalue weighted by Gasteiger charge is -2.26. The second-order valence-corrected chi connectivity index (χ2v) is 6.73. The Hall–Kier alpha value is -1.51. The van der Waals surface area contributed by atoms with Crippen LogP contribution in [0.25, 0.3) is 0 Å². The Morgan fingerprint density at radius 3 is 2.45 bits per heavy atom. The van der Waals surface area contributed by atoms with Crippen molar-refractivity contribution in [2.45, 2.75) is 37.1 Å². The summed E-state index contributed by atoms with van der Waals surface area (Å²) in [7, 11) is -3.04. The fourth-order valence-electron chi connectivity index (χ4n) is 1.84. The van der Waals surface area contributed by atoms with Crippen LogP contribution in [0.3, 0.4) is 0 Å². The average Bonchev–Trinajstić information content (AvgIpc) is 2.51. The number of benzene rings is 1. The largest absolute Gasteiger partial charge is 0.465 e. The van der Waals surface area contributed by atoms with E-state index in [1.807, 2.05) is 13.8 Å². The Bertz CT molecular complexity index is 642. The van der Waals surface area contributed by atoms with Gasteiger partial charge in [0, 0.05) is 12.1 Å². The number of nitrogens with two attached hydrogens (primary N) is 1. The van der Waals surface area contributed by atoms with Crippen LogP contribution in [0.2, 0.25) is 0 Å². The van der Waals surface area contributed by atoms with Gasteiger partial charge in [-0.15, -0.1) is 0 Å². The lowest BCUT2D eigenvalue weighted by atomic mass is 9.95. The van der Waals surface area contributed by atoms with Crippen LogP contribution >= 0.6 is 0 Å². The molecule has 0 heterocycles. The number of nitrogens with one attached hydrogen (secondary N) is 1. The summed E-state index contributed by atoms with van der Waals surface area (Å²) in [6, 6.07) is 3.36. The molecular formula is C14H21FN2O4S. The topological polar surface area (TPSA) is 98.5 Å². The third kappa shape index (κ3) is 4.02. The van der Waals surface area contributed by atoms with Gasteiger partial charge in [0.2, 0.25) is 10.0 Å². The van der Waals surface area contributed by atoms with Crippen molar-refractivity contribution in [3.63, 3.8) is 0 Å². The van der Waals surface area contributed by atoms with Crippen LogP contribution in [0.4, 0.5) is 4.39 Å². The Morgan fingerprint density at radius 2 is 1.95 bits per heavy atom. The lowest BCUT2D eigenvalue weighted by molar-refractivity contribution is 0.0590. The van der Waals surface area contributed by atoms with Gasteiger partial charge in [-0.25, -0.2) is 22.3 Å². The number of carbonyl (C=O) groups excluding carboxylic acids is 1. The van der Waals surface area contributed by atoms with Gasteiger partial charge in [-0.05, 0) is 25.0 Å². The van der Waals surface area contributed by atoms with Gasteiger partial charge in [0.1, 0.15) is 11.4 Å². The maximum Gasteiger partial charge on any atom is 0.342 e. The number of ether oxygens (including phenoxy) is 1. The van der Waals surface area contributed by atoms with Gasteiger partial charge >= 0.3 is 5.97 Å². The third-order valence-electron chi connectivity index (χ3n) is 3.68.